The summed E-state index contributed by atoms with van der Waals surface area (Å²) in [7, 11) is 0. The first-order chi connectivity index (χ1) is 14.5. The number of carbonyl (C=O) groups is 1. The van der Waals surface area contributed by atoms with Gasteiger partial charge in [0.1, 0.15) is 11.4 Å². The molecule has 3 aromatic rings. The molecular weight excluding hydrogens is 440 g/mol. The van der Waals surface area contributed by atoms with Crippen LogP contribution in [0.3, 0.4) is 0 Å². The molecule has 3 aromatic carbocycles. The summed E-state index contributed by atoms with van der Waals surface area (Å²) in [4.78, 5) is 8.36. The van der Waals surface area contributed by atoms with E-state index < -0.39 is 0 Å². The second-order valence-electron chi connectivity index (χ2n) is 8.09. The molecule has 0 saturated heterocycles. The monoisotopic (exact) mass is 464 g/mol. The van der Waals surface area contributed by atoms with Crippen LogP contribution < -0.4 is 4.74 Å². The van der Waals surface area contributed by atoms with Crippen molar-refractivity contribution in [3.05, 3.63) is 99.0 Å². The standard InChI is InChI=1S/C25H23BrO.CH2O2/c1-16-14-17(2)24-22-13-12-21(18-6-4-3-5-7-18)25(22,27-23(24)15-16)19-8-10-20(26)11-9-19;2-1-3/h3-11,14-15,21-22H,12-13H2,1-2H3;1H,(H,2,3). The molecule has 3 nitrogen and oxygen atoms in total. The Kier molecular flexibility index (Phi) is 5.70. The largest absolute Gasteiger partial charge is 0.483 e. The molecule has 3 atom stereocenters. The zero-order valence-electron chi connectivity index (χ0n) is 17.1. The molecular formula is C26H25BrO3. The van der Waals surface area contributed by atoms with Crippen molar-refractivity contribution in [3.63, 3.8) is 0 Å². The third-order valence-electron chi connectivity index (χ3n) is 6.40. The molecule has 1 aliphatic heterocycles. The molecule has 1 aliphatic carbocycles. The minimum Gasteiger partial charge on any atom is -0.483 e. The number of aryl methyl sites for hydroxylation is 2. The van der Waals surface area contributed by atoms with Gasteiger partial charge in [-0.2, -0.15) is 0 Å². The van der Waals surface area contributed by atoms with Crippen LogP contribution in [0.1, 0.15) is 52.5 Å². The molecule has 0 aromatic heterocycles. The van der Waals surface area contributed by atoms with Crippen molar-refractivity contribution in [3.8, 4) is 5.75 Å². The molecule has 0 radical (unpaired) electrons. The first kappa shape index (κ1) is 20.7. The summed E-state index contributed by atoms with van der Waals surface area (Å²) in [5.74, 6) is 1.84. The van der Waals surface area contributed by atoms with Gasteiger partial charge in [-0.1, -0.05) is 64.5 Å². The van der Waals surface area contributed by atoms with Crippen molar-refractivity contribution >= 4 is 22.4 Å². The normalized spacial score (nSPS) is 23.6. The fourth-order valence-corrected chi connectivity index (χ4v) is 5.69. The van der Waals surface area contributed by atoms with Crippen LogP contribution >= 0.6 is 15.9 Å². The fraction of sp³-hybridized carbons (Fsp3) is 0.269. The van der Waals surface area contributed by atoms with E-state index in [1.165, 1.54) is 27.8 Å². The van der Waals surface area contributed by atoms with Gasteiger partial charge in [0.2, 0.25) is 0 Å². The zero-order chi connectivity index (χ0) is 21.3. The van der Waals surface area contributed by atoms with Crippen LogP contribution in [0.15, 0.2) is 71.2 Å². The van der Waals surface area contributed by atoms with Crippen LogP contribution in [0.5, 0.6) is 5.75 Å². The van der Waals surface area contributed by atoms with Crippen molar-refractivity contribution in [1.82, 2.24) is 0 Å². The summed E-state index contributed by atoms with van der Waals surface area (Å²) in [6.45, 7) is 4.15. The second-order valence-corrected chi connectivity index (χ2v) is 9.01. The Hall–Kier alpha value is -2.59. The molecule has 0 spiro atoms. The van der Waals surface area contributed by atoms with Crippen LogP contribution in [-0.4, -0.2) is 11.6 Å². The molecule has 0 bridgehead atoms. The first-order valence-electron chi connectivity index (χ1n) is 10.2. The van der Waals surface area contributed by atoms with Gasteiger partial charge in [-0.15, -0.1) is 0 Å². The maximum absolute atomic E-state index is 8.36. The maximum atomic E-state index is 8.36. The van der Waals surface area contributed by atoms with Gasteiger partial charge in [-0.25, -0.2) is 0 Å². The van der Waals surface area contributed by atoms with Gasteiger partial charge >= 0.3 is 0 Å². The molecule has 154 valence electrons. The number of rotatable bonds is 2. The Morgan fingerprint density at radius 3 is 2.30 bits per heavy atom. The summed E-state index contributed by atoms with van der Waals surface area (Å²) in [6, 6.07) is 24.2. The third-order valence-corrected chi connectivity index (χ3v) is 6.93. The van der Waals surface area contributed by atoms with E-state index in [1.54, 1.807) is 0 Å². The van der Waals surface area contributed by atoms with E-state index in [0.29, 0.717) is 11.8 Å². The quantitative estimate of drug-likeness (QED) is 0.428. The van der Waals surface area contributed by atoms with Crippen molar-refractivity contribution in [2.45, 2.75) is 44.1 Å². The molecule has 0 amide bonds. The average Bonchev–Trinajstić information content (AvgIpc) is 3.24. The first-order valence-corrected chi connectivity index (χ1v) is 11.0. The minimum absolute atomic E-state index is 0.250. The number of hydrogen-bond acceptors (Lipinski definition) is 2. The van der Waals surface area contributed by atoms with Crippen LogP contribution in [0.4, 0.5) is 0 Å². The molecule has 30 heavy (non-hydrogen) atoms. The summed E-state index contributed by atoms with van der Waals surface area (Å²) >= 11 is 3.59. The van der Waals surface area contributed by atoms with Gasteiger partial charge in [0.15, 0.2) is 0 Å². The Labute approximate surface area is 185 Å². The van der Waals surface area contributed by atoms with E-state index in [2.05, 4.69) is 96.5 Å². The number of benzene rings is 3. The van der Waals surface area contributed by atoms with Crippen molar-refractivity contribution in [2.24, 2.45) is 0 Å². The van der Waals surface area contributed by atoms with Crippen LogP contribution in [0, 0.1) is 13.8 Å². The molecule has 1 fully saturated rings. The van der Waals surface area contributed by atoms with Crippen LogP contribution in [-0.2, 0) is 10.4 Å². The van der Waals surface area contributed by atoms with Gasteiger partial charge in [0, 0.05) is 21.9 Å². The Bertz CT molecular complexity index is 1050. The van der Waals surface area contributed by atoms with Crippen molar-refractivity contribution in [1.29, 1.82) is 0 Å². The average molecular weight is 465 g/mol. The number of ether oxygens (including phenoxy) is 1. The number of hydrogen-bond donors (Lipinski definition) is 1. The molecule has 2 aliphatic rings. The van der Waals surface area contributed by atoms with Gasteiger partial charge in [-0.05, 0) is 67.1 Å². The summed E-state index contributed by atoms with van der Waals surface area (Å²) < 4.78 is 8.07. The lowest BCUT2D eigenvalue weighted by Crippen LogP contribution is -2.36. The summed E-state index contributed by atoms with van der Waals surface area (Å²) in [5, 5.41) is 6.89. The van der Waals surface area contributed by atoms with Gasteiger partial charge in [-0.3, -0.25) is 4.79 Å². The molecule has 1 N–H and O–H groups in total. The SMILES string of the molecule is Cc1cc(C)c2c(c1)OC1(c3ccc(Br)cc3)C(c3ccccc3)CCC21.O=CO. The lowest BCUT2D eigenvalue weighted by Gasteiger charge is -2.36. The Morgan fingerprint density at radius 1 is 1.00 bits per heavy atom. The maximum Gasteiger partial charge on any atom is 0.290 e. The van der Waals surface area contributed by atoms with E-state index in [1.807, 2.05) is 0 Å². The second kappa shape index (κ2) is 8.27. The highest BCUT2D eigenvalue weighted by Gasteiger charge is 2.59. The highest BCUT2D eigenvalue weighted by atomic mass is 79.9. The van der Waals surface area contributed by atoms with E-state index in [4.69, 9.17) is 14.6 Å². The topological polar surface area (TPSA) is 46.5 Å². The van der Waals surface area contributed by atoms with E-state index >= 15 is 0 Å². The molecule has 1 saturated carbocycles. The molecule has 4 heteroatoms. The molecule has 3 unspecified atom stereocenters. The summed E-state index contributed by atoms with van der Waals surface area (Å²) in [6.07, 6.45) is 2.31. The van der Waals surface area contributed by atoms with Gasteiger partial charge < -0.3 is 9.84 Å². The van der Waals surface area contributed by atoms with E-state index in [0.717, 1.165) is 23.1 Å². The molecule has 1 heterocycles. The highest BCUT2D eigenvalue weighted by Crippen LogP contribution is 2.65. The lowest BCUT2D eigenvalue weighted by molar-refractivity contribution is -0.122. The van der Waals surface area contributed by atoms with Gasteiger partial charge in [0.05, 0.1) is 0 Å². The van der Waals surface area contributed by atoms with Crippen molar-refractivity contribution < 1.29 is 14.6 Å². The van der Waals surface area contributed by atoms with Crippen LogP contribution in [0.2, 0.25) is 0 Å². The highest BCUT2D eigenvalue weighted by molar-refractivity contribution is 9.10. The number of carboxylic acid groups (broad SMARTS) is 1. The predicted octanol–water partition coefficient (Wildman–Crippen LogP) is 6.72. The smallest absolute Gasteiger partial charge is 0.290 e. The summed E-state index contributed by atoms with van der Waals surface area (Å²) in [5.41, 5.74) is 6.40. The number of halogens is 1. The fourth-order valence-electron chi connectivity index (χ4n) is 5.43. The third kappa shape index (κ3) is 3.33. The van der Waals surface area contributed by atoms with Gasteiger partial charge in [0.25, 0.3) is 6.47 Å². The predicted molar refractivity (Wildman–Crippen MR) is 122 cm³/mol. The Balaban J connectivity index is 0.000000687. The molecule has 5 rings (SSSR count). The number of fused-ring (bicyclic) bond motifs is 3. The van der Waals surface area contributed by atoms with Crippen LogP contribution in [0.25, 0.3) is 0 Å². The van der Waals surface area contributed by atoms with E-state index in [9.17, 15) is 0 Å². The lowest BCUT2D eigenvalue weighted by atomic mass is 9.74. The van der Waals surface area contributed by atoms with Crippen molar-refractivity contribution in [2.75, 3.05) is 0 Å². The minimum atomic E-state index is -0.317. The zero-order valence-corrected chi connectivity index (χ0v) is 18.7. The Morgan fingerprint density at radius 2 is 1.63 bits per heavy atom. The van der Waals surface area contributed by atoms with E-state index in [-0.39, 0.29) is 12.1 Å².